The van der Waals surface area contributed by atoms with E-state index in [0.29, 0.717) is 5.92 Å². The minimum atomic E-state index is 0.479. The van der Waals surface area contributed by atoms with Crippen LogP contribution in [0.1, 0.15) is 6.92 Å². The van der Waals surface area contributed by atoms with E-state index in [2.05, 4.69) is 51.9 Å². The van der Waals surface area contributed by atoms with E-state index in [1.54, 1.807) is 7.05 Å². The Labute approximate surface area is 142 Å². The number of nitrogens with zero attached hydrogens (tertiary/aromatic N) is 3. The molecule has 0 aliphatic heterocycles. The van der Waals surface area contributed by atoms with Crippen molar-refractivity contribution in [3.8, 4) is 0 Å². The second-order valence-electron chi connectivity index (χ2n) is 5.37. The highest BCUT2D eigenvalue weighted by atomic mass is 32.2. The standard InChI is InChI=1S/C17H25N5S/c1-15(14-22-11-6-9-21-22)13-20-17(18-2)19-10-12-23-16-7-4-3-5-8-16/h3-9,11,15H,10,12-14H2,1-2H3,(H2,18,19,20). The summed E-state index contributed by atoms with van der Waals surface area (Å²) in [6, 6.07) is 12.4. The van der Waals surface area contributed by atoms with Gasteiger partial charge in [-0.15, -0.1) is 11.8 Å². The molecule has 1 heterocycles. The summed E-state index contributed by atoms with van der Waals surface area (Å²) >= 11 is 1.84. The molecular formula is C17H25N5S. The van der Waals surface area contributed by atoms with Crippen molar-refractivity contribution in [1.29, 1.82) is 0 Å². The lowest BCUT2D eigenvalue weighted by atomic mass is 10.2. The van der Waals surface area contributed by atoms with Gasteiger partial charge < -0.3 is 10.6 Å². The smallest absolute Gasteiger partial charge is 0.191 e. The van der Waals surface area contributed by atoms with Gasteiger partial charge in [0.1, 0.15) is 0 Å². The van der Waals surface area contributed by atoms with Crippen LogP contribution in [0.15, 0.2) is 58.7 Å². The maximum atomic E-state index is 4.26. The third-order valence-corrected chi connectivity index (χ3v) is 4.32. The third kappa shape index (κ3) is 6.78. The fourth-order valence-electron chi connectivity index (χ4n) is 2.14. The molecule has 23 heavy (non-hydrogen) atoms. The van der Waals surface area contributed by atoms with Crippen LogP contribution in [0.5, 0.6) is 0 Å². The van der Waals surface area contributed by atoms with Crippen molar-refractivity contribution >= 4 is 17.7 Å². The van der Waals surface area contributed by atoms with Crippen molar-refractivity contribution < 1.29 is 0 Å². The van der Waals surface area contributed by atoms with Gasteiger partial charge >= 0.3 is 0 Å². The average Bonchev–Trinajstić information content (AvgIpc) is 3.08. The van der Waals surface area contributed by atoms with Gasteiger partial charge in [0.05, 0.1) is 0 Å². The Kier molecular flexibility index (Phi) is 7.52. The summed E-state index contributed by atoms with van der Waals surface area (Å²) in [5, 5.41) is 11.0. The SMILES string of the molecule is CN=C(NCCSc1ccccc1)NCC(C)Cn1cccn1. The van der Waals surface area contributed by atoms with Crippen LogP contribution in [-0.4, -0.2) is 41.6 Å². The van der Waals surface area contributed by atoms with E-state index in [9.17, 15) is 0 Å². The molecule has 2 aromatic rings. The molecule has 1 atom stereocenters. The van der Waals surface area contributed by atoms with Crippen LogP contribution in [0.3, 0.4) is 0 Å². The number of rotatable bonds is 8. The molecular weight excluding hydrogens is 306 g/mol. The first-order valence-corrected chi connectivity index (χ1v) is 8.86. The summed E-state index contributed by atoms with van der Waals surface area (Å²) in [5.41, 5.74) is 0. The maximum Gasteiger partial charge on any atom is 0.191 e. The highest BCUT2D eigenvalue weighted by Crippen LogP contribution is 2.15. The summed E-state index contributed by atoms with van der Waals surface area (Å²) in [7, 11) is 1.80. The number of thioether (sulfide) groups is 1. The lowest BCUT2D eigenvalue weighted by Crippen LogP contribution is -2.40. The average molecular weight is 331 g/mol. The number of nitrogens with one attached hydrogen (secondary N) is 2. The minimum Gasteiger partial charge on any atom is -0.356 e. The second kappa shape index (κ2) is 9.94. The first kappa shape index (κ1) is 17.4. The second-order valence-corrected chi connectivity index (χ2v) is 6.54. The van der Waals surface area contributed by atoms with Gasteiger partial charge in [-0.3, -0.25) is 9.67 Å². The zero-order chi connectivity index (χ0) is 16.3. The van der Waals surface area contributed by atoms with Crippen LogP contribution in [0, 0.1) is 5.92 Å². The first-order chi connectivity index (χ1) is 11.3. The van der Waals surface area contributed by atoms with E-state index < -0.39 is 0 Å². The maximum absolute atomic E-state index is 4.26. The Balaban J connectivity index is 1.61. The number of hydrogen-bond donors (Lipinski definition) is 2. The quantitative estimate of drug-likeness (QED) is 0.338. The molecule has 1 unspecified atom stereocenters. The summed E-state index contributed by atoms with van der Waals surface area (Å²) in [6.07, 6.45) is 3.80. The monoisotopic (exact) mass is 331 g/mol. The summed E-state index contributed by atoms with van der Waals surface area (Å²) in [5.74, 6) is 2.34. The van der Waals surface area contributed by atoms with Crippen molar-refractivity contribution in [3.63, 3.8) is 0 Å². The van der Waals surface area contributed by atoms with Gasteiger partial charge in [0, 0.05) is 49.7 Å². The molecule has 0 saturated carbocycles. The minimum absolute atomic E-state index is 0.479. The third-order valence-electron chi connectivity index (χ3n) is 3.31. The zero-order valence-electron chi connectivity index (χ0n) is 13.8. The van der Waals surface area contributed by atoms with Crippen molar-refractivity contribution in [2.24, 2.45) is 10.9 Å². The highest BCUT2D eigenvalue weighted by molar-refractivity contribution is 7.99. The number of benzene rings is 1. The number of hydrogen-bond acceptors (Lipinski definition) is 3. The van der Waals surface area contributed by atoms with Crippen LogP contribution < -0.4 is 10.6 Å². The van der Waals surface area contributed by atoms with Gasteiger partial charge in [-0.1, -0.05) is 25.1 Å². The largest absolute Gasteiger partial charge is 0.356 e. The van der Waals surface area contributed by atoms with Gasteiger partial charge in [-0.05, 0) is 24.1 Å². The molecule has 1 aromatic carbocycles. The Morgan fingerprint density at radius 3 is 2.78 bits per heavy atom. The molecule has 5 nitrogen and oxygen atoms in total. The van der Waals surface area contributed by atoms with E-state index >= 15 is 0 Å². The number of guanidine groups is 1. The molecule has 0 bridgehead atoms. The van der Waals surface area contributed by atoms with Gasteiger partial charge in [0.25, 0.3) is 0 Å². The molecule has 124 valence electrons. The van der Waals surface area contributed by atoms with Gasteiger partial charge in [0.2, 0.25) is 0 Å². The molecule has 1 aromatic heterocycles. The normalized spacial score (nSPS) is 12.9. The van der Waals surface area contributed by atoms with Crippen LogP contribution in [-0.2, 0) is 6.54 Å². The van der Waals surface area contributed by atoms with Crippen LogP contribution in [0.25, 0.3) is 0 Å². The predicted molar refractivity (Wildman–Crippen MR) is 97.9 cm³/mol. The topological polar surface area (TPSA) is 54.2 Å². The van der Waals surface area contributed by atoms with E-state index in [1.807, 2.05) is 41.0 Å². The molecule has 0 amide bonds. The molecule has 0 spiro atoms. The van der Waals surface area contributed by atoms with E-state index in [1.165, 1.54) is 4.90 Å². The van der Waals surface area contributed by atoms with Gasteiger partial charge in [0.15, 0.2) is 5.96 Å². The Morgan fingerprint density at radius 1 is 1.26 bits per heavy atom. The lowest BCUT2D eigenvalue weighted by molar-refractivity contribution is 0.443. The van der Waals surface area contributed by atoms with Crippen molar-refractivity contribution in [3.05, 3.63) is 48.8 Å². The Bertz CT molecular complexity index is 568. The van der Waals surface area contributed by atoms with E-state index in [-0.39, 0.29) is 0 Å². The number of aromatic nitrogens is 2. The van der Waals surface area contributed by atoms with Gasteiger partial charge in [-0.2, -0.15) is 5.10 Å². The van der Waals surface area contributed by atoms with Crippen molar-refractivity contribution in [2.75, 3.05) is 25.9 Å². The molecule has 6 heteroatoms. The molecule has 0 aliphatic rings. The molecule has 0 saturated heterocycles. The van der Waals surface area contributed by atoms with Crippen LogP contribution in [0.2, 0.25) is 0 Å². The first-order valence-electron chi connectivity index (χ1n) is 7.87. The zero-order valence-corrected chi connectivity index (χ0v) is 14.6. The fourth-order valence-corrected chi connectivity index (χ4v) is 2.93. The van der Waals surface area contributed by atoms with Gasteiger partial charge in [-0.25, -0.2) is 0 Å². The summed E-state index contributed by atoms with van der Waals surface area (Å²) in [4.78, 5) is 5.56. The highest BCUT2D eigenvalue weighted by Gasteiger charge is 2.05. The summed E-state index contributed by atoms with van der Waals surface area (Å²) in [6.45, 7) is 4.85. The Hall–Kier alpha value is -1.95. The van der Waals surface area contributed by atoms with Crippen molar-refractivity contribution in [1.82, 2.24) is 20.4 Å². The summed E-state index contributed by atoms with van der Waals surface area (Å²) < 4.78 is 1.96. The predicted octanol–water partition coefficient (Wildman–Crippen LogP) is 2.48. The van der Waals surface area contributed by atoms with Crippen LogP contribution >= 0.6 is 11.8 Å². The van der Waals surface area contributed by atoms with E-state index in [0.717, 1.165) is 31.3 Å². The molecule has 0 radical (unpaired) electrons. The Morgan fingerprint density at radius 2 is 2.09 bits per heavy atom. The number of aliphatic imine (C=N–C) groups is 1. The molecule has 2 rings (SSSR count). The van der Waals surface area contributed by atoms with E-state index in [4.69, 9.17) is 0 Å². The van der Waals surface area contributed by atoms with Crippen LogP contribution in [0.4, 0.5) is 0 Å². The molecule has 0 aliphatic carbocycles. The lowest BCUT2D eigenvalue weighted by Gasteiger charge is -2.16. The van der Waals surface area contributed by atoms with Crippen molar-refractivity contribution in [2.45, 2.75) is 18.4 Å². The molecule has 2 N–H and O–H groups in total. The fraction of sp³-hybridized carbons (Fsp3) is 0.412. The molecule has 0 fully saturated rings.